The number of sulfonamides is 1. The number of para-hydroxylation sites is 1. The fourth-order valence-electron chi connectivity index (χ4n) is 4.58. The molecular formula is C27H36FN3O5S. The molecule has 202 valence electrons. The highest BCUT2D eigenvalue weighted by atomic mass is 32.2. The van der Waals surface area contributed by atoms with E-state index in [0.717, 1.165) is 41.8 Å². The number of benzene rings is 2. The number of amides is 2. The number of hydrogen-bond acceptors (Lipinski definition) is 5. The van der Waals surface area contributed by atoms with Gasteiger partial charge in [0.15, 0.2) is 0 Å². The Kier molecular flexibility index (Phi) is 9.91. The Balaban J connectivity index is 1.74. The lowest BCUT2D eigenvalue weighted by Gasteiger charge is -2.30. The zero-order valence-corrected chi connectivity index (χ0v) is 22.5. The SMILES string of the molecule is COc1cccc(CN(C(=O)CCCN(c2ccccc2F)S(C)(=O)=O)[C@H](C)C(=O)NC2CCCC2)c1. The minimum absolute atomic E-state index is 0.00844. The molecule has 0 spiro atoms. The number of halogens is 1. The van der Waals surface area contributed by atoms with Gasteiger partial charge in [-0.25, -0.2) is 12.8 Å². The number of rotatable bonds is 12. The largest absolute Gasteiger partial charge is 0.497 e. The lowest BCUT2D eigenvalue weighted by molar-refractivity contribution is -0.141. The summed E-state index contributed by atoms with van der Waals surface area (Å²) in [4.78, 5) is 27.9. The number of nitrogens with zero attached hydrogens (tertiary/aromatic N) is 2. The van der Waals surface area contributed by atoms with Crippen molar-refractivity contribution in [2.45, 2.75) is 64.1 Å². The van der Waals surface area contributed by atoms with Gasteiger partial charge in [-0.1, -0.05) is 37.1 Å². The zero-order chi connectivity index (χ0) is 27.0. The number of anilines is 1. The van der Waals surface area contributed by atoms with Crippen LogP contribution in [0.3, 0.4) is 0 Å². The second-order valence-corrected chi connectivity index (χ2v) is 11.3. The molecule has 0 heterocycles. The zero-order valence-electron chi connectivity index (χ0n) is 21.7. The molecule has 1 atom stereocenters. The summed E-state index contributed by atoms with van der Waals surface area (Å²) in [7, 11) is -2.21. The Bertz CT molecular complexity index is 1180. The summed E-state index contributed by atoms with van der Waals surface area (Å²) < 4.78 is 45.3. The second-order valence-electron chi connectivity index (χ2n) is 9.43. The van der Waals surface area contributed by atoms with Crippen molar-refractivity contribution in [3.63, 3.8) is 0 Å². The molecule has 2 aromatic carbocycles. The quantitative estimate of drug-likeness (QED) is 0.447. The summed E-state index contributed by atoms with van der Waals surface area (Å²) in [6.07, 6.45) is 5.16. The number of carbonyl (C=O) groups excluding carboxylic acids is 2. The van der Waals surface area contributed by atoms with E-state index in [4.69, 9.17) is 4.74 Å². The topological polar surface area (TPSA) is 96.0 Å². The minimum atomic E-state index is -3.77. The van der Waals surface area contributed by atoms with E-state index in [1.807, 2.05) is 18.2 Å². The molecule has 0 aliphatic heterocycles. The maximum absolute atomic E-state index is 14.3. The number of hydrogen-bond donors (Lipinski definition) is 1. The normalized spacial score (nSPS) is 14.7. The molecule has 0 aromatic heterocycles. The van der Waals surface area contributed by atoms with Crippen LogP contribution in [0.1, 0.15) is 51.0 Å². The van der Waals surface area contributed by atoms with Gasteiger partial charge >= 0.3 is 0 Å². The molecule has 1 aliphatic rings. The lowest BCUT2D eigenvalue weighted by atomic mass is 10.1. The van der Waals surface area contributed by atoms with E-state index >= 15 is 0 Å². The molecule has 2 amide bonds. The number of carbonyl (C=O) groups is 2. The van der Waals surface area contributed by atoms with Crippen molar-refractivity contribution in [3.05, 3.63) is 59.9 Å². The molecule has 0 unspecified atom stereocenters. The average Bonchev–Trinajstić information content (AvgIpc) is 3.37. The molecule has 0 radical (unpaired) electrons. The van der Waals surface area contributed by atoms with E-state index < -0.39 is 21.9 Å². The smallest absolute Gasteiger partial charge is 0.242 e. The molecule has 1 fully saturated rings. The predicted octanol–water partition coefficient (Wildman–Crippen LogP) is 3.86. The fourth-order valence-corrected chi connectivity index (χ4v) is 5.54. The Morgan fingerprint density at radius 1 is 1.14 bits per heavy atom. The summed E-state index contributed by atoms with van der Waals surface area (Å²) in [5, 5.41) is 3.06. The summed E-state index contributed by atoms with van der Waals surface area (Å²) in [6.45, 7) is 1.82. The van der Waals surface area contributed by atoms with Crippen LogP contribution in [-0.2, 0) is 26.2 Å². The number of nitrogens with one attached hydrogen (secondary N) is 1. The molecule has 3 rings (SSSR count). The summed E-state index contributed by atoms with van der Waals surface area (Å²) >= 11 is 0. The van der Waals surface area contributed by atoms with Crippen LogP contribution < -0.4 is 14.4 Å². The molecule has 0 saturated heterocycles. The Morgan fingerprint density at radius 2 is 1.84 bits per heavy atom. The highest BCUT2D eigenvalue weighted by Gasteiger charge is 2.29. The van der Waals surface area contributed by atoms with Crippen LogP contribution in [0.4, 0.5) is 10.1 Å². The van der Waals surface area contributed by atoms with E-state index in [9.17, 15) is 22.4 Å². The van der Waals surface area contributed by atoms with Gasteiger partial charge in [0.25, 0.3) is 0 Å². The van der Waals surface area contributed by atoms with Crippen molar-refractivity contribution in [3.8, 4) is 5.75 Å². The lowest BCUT2D eigenvalue weighted by Crippen LogP contribution is -2.49. The van der Waals surface area contributed by atoms with Gasteiger partial charge in [0.2, 0.25) is 21.8 Å². The monoisotopic (exact) mass is 533 g/mol. The van der Waals surface area contributed by atoms with E-state index in [0.29, 0.717) is 5.75 Å². The molecule has 2 aromatic rings. The van der Waals surface area contributed by atoms with Crippen LogP contribution in [0.15, 0.2) is 48.5 Å². The van der Waals surface area contributed by atoms with Gasteiger partial charge in [0, 0.05) is 25.6 Å². The van der Waals surface area contributed by atoms with Gasteiger partial charge in [-0.3, -0.25) is 13.9 Å². The fraction of sp³-hybridized carbons (Fsp3) is 0.481. The van der Waals surface area contributed by atoms with Crippen LogP contribution in [0.25, 0.3) is 0 Å². The second kappa shape index (κ2) is 12.9. The molecule has 1 aliphatic carbocycles. The molecule has 8 nitrogen and oxygen atoms in total. The first-order valence-corrected chi connectivity index (χ1v) is 14.4. The van der Waals surface area contributed by atoms with E-state index in [1.54, 1.807) is 26.2 Å². The van der Waals surface area contributed by atoms with E-state index in [2.05, 4.69) is 5.32 Å². The standard InChI is InChI=1S/C27H36FN3O5S/c1-20(27(33)29-22-11-4-5-12-22)30(19-21-10-8-13-23(18-21)36-2)26(32)16-9-17-31(37(3,34)35)25-15-7-6-14-24(25)28/h6-8,10,13-15,18,20,22H,4-5,9,11-12,16-17,19H2,1-3H3,(H,29,33)/t20-/m1/s1. The van der Waals surface area contributed by atoms with Crippen LogP contribution in [-0.4, -0.2) is 57.1 Å². The van der Waals surface area contributed by atoms with Gasteiger partial charge in [0.05, 0.1) is 19.1 Å². The maximum Gasteiger partial charge on any atom is 0.242 e. The van der Waals surface area contributed by atoms with Crippen molar-refractivity contribution < 1.29 is 27.1 Å². The van der Waals surface area contributed by atoms with E-state index in [-0.39, 0.29) is 49.5 Å². The molecule has 1 N–H and O–H groups in total. The molecular weight excluding hydrogens is 497 g/mol. The van der Waals surface area contributed by atoms with Crippen molar-refractivity contribution in [2.75, 3.05) is 24.2 Å². The third-order valence-electron chi connectivity index (χ3n) is 6.63. The summed E-state index contributed by atoms with van der Waals surface area (Å²) in [5.74, 6) is -0.524. The average molecular weight is 534 g/mol. The van der Waals surface area contributed by atoms with Crippen LogP contribution in [0, 0.1) is 5.82 Å². The third-order valence-corrected chi connectivity index (χ3v) is 7.81. The maximum atomic E-state index is 14.3. The Morgan fingerprint density at radius 3 is 2.49 bits per heavy atom. The highest BCUT2D eigenvalue weighted by molar-refractivity contribution is 7.92. The van der Waals surface area contributed by atoms with Crippen LogP contribution in [0.2, 0.25) is 0 Å². The van der Waals surface area contributed by atoms with Gasteiger partial charge in [0.1, 0.15) is 17.6 Å². The molecule has 10 heteroatoms. The predicted molar refractivity (Wildman–Crippen MR) is 141 cm³/mol. The molecule has 1 saturated carbocycles. The van der Waals surface area contributed by atoms with Crippen LogP contribution in [0.5, 0.6) is 5.75 Å². The molecule has 0 bridgehead atoms. The summed E-state index contributed by atoms with van der Waals surface area (Å²) in [5.41, 5.74) is 0.743. The first kappa shape index (κ1) is 28.4. The highest BCUT2D eigenvalue weighted by Crippen LogP contribution is 2.23. The first-order valence-electron chi connectivity index (χ1n) is 12.5. The van der Waals surface area contributed by atoms with Gasteiger partial charge in [-0.15, -0.1) is 0 Å². The Hall–Kier alpha value is -3.14. The third kappa shape index (κ3) is 7.92. The number of ether oxygens (including phenoxy) is 1. The minimum Gasteiger partial charge on any atom is -0.497 e. The molecule has 37 heavy (non-hydrogen) atoms. The Labute approximate surface area is 218 Å². The first-order chi connectivity index (χ1) is 17.6. The van der Waals surface area contributed by atoms with Crippen molar-refractivity contribution in [1.82, 2.24) is 10.2 Å². The summed E-state index contributed by atoms with van der Waals surface area (Å²) in [6, 6.07) is 12.3. The van der Waals surface area contributed by atoms with Crippen molar-refractivity contribution in [2.24, 2.45) is 0 Å². The van der Waals surface area contributed by atoms with E-state index in [1.165, 1.54) is 23.1 Å². The van der Waals surface area contributed by atoms with Gasteiger partial charge in [-0.05, 0) is 56.0 Å². The van der Waals surface area contributed by atoms with Crippen molar-refractivity contribution in [1.29, 1.82) is 0 Å². The van der Waals surface area contributed by atoms with Crippen LogP contribution >= 0.6 is 0 Å². The van der Waals surface area contributed by atoms with Gasteiger partial charge < -0.3 is 15.0 Å². The van der Waals surface area contributed by atoms with Gasteiger partial charge in [-0.2, -0.15) is 0 Å². The van der Waals surface area contributed by atoms with Crippen molar-refractivity contribution >= 4 is 27.5 Å². The number of methoxy groups -OCH3 is 1.